The maximum atomic E-state index is 13.1. The molecule has 0 bridgehead atoms. The van der Waals surface area contributed by atoms with E-state index in [1.165, 1.54) is 12.1 Å². The Morgan fingerprint density at radius 3 is 2.48 bits per heavy atom. The number of benzene rings is 1. The molecule has 0 amide bonds. The summed E-state index contributed by atoms with van der Waals surface area (Å²) in [4.78, 5) is 16.0. The average Bonchev–Trinajstić information content (AvgIpc) is 2.96. The van der Waals surface area contributed by atoms with Crippen LogP contribution in [0.25, 0.3) is 17.1 Å². The van der Waals surface area contributed by atoms with Gasteiger partial charge >= 0.3 is 11.9 Å². The molecule has 0 aliphatic heterocycles. The fourth-order valence-corrected chi connectivity index (χ4v) is 1.90. The van der Waals surface area contributed by atoms with Crippen molar-refractivity contribution >= 4 is 0 Å². The Labute approximate surface area is 124 Å². The normalized spacial score (nSPS) is 11.7. The fourth-order valence-electron chi connectivity index (χ4n) is 1.90. The summed E-state index contributed by atoms with van der Waals surface area (Å²) >= 11 is 0. The molecule has 118 valence electrons. The maximum absolute atomic E-state index is 13.1. The van der Waals surface area contributed by atoms with Crippen LogP contribution < -0.4 is 5.69 Å². The van der Waals surface area contributed by atoms with Crippen molar-refractivity contribution in [2.24, 2.45) is 0 Å². The van der Waals surface area contributed by atoms with Crippen LogP contribution in [0.1, 0.15) is 5.69 Å². The van der Waals surface area contributed by atoms with Gasteiger partial charge in [-0.1, -0.05) is 0 Å². The molecule has 0 spiro atoms. The zero-order valence-corrected chi connectivity index (χ0v) is 11.0. The van der Waals surface area contributed by atoms with E-state index in [4.69, 9.17) is 0 Å². The molecule has 0 fully saturated rings. The third kappa shape index (κ3) is 2.80. The Morgan fingerprint density at radius 1 is 1.13 bits per heavy atom. The van der Waals surface area contributed by atoms with Crippen LogP contribution in [0.15, 0.2) is 35.3 Å². The molecule has 0 radical (unpaired) electrons. The summed E-state index contributed by atoms with van der Waals surface area (Å²) in [5.41, 5.74) is -2.74. The summed E-state index contributed by atoms with van der Waals surface area (Å²) in [5.74, 6) is -0.822. The monoisotopic (exact) mass is 326 g/mol. The molecule has 2 heterocycles. The maximum Gasteiger partial charge on any atom is 0.432 e. The highest BCUT2D eigenvalue weighted by molar-refractivity contribution is 5.59. The molecule has 3 rings (SSSR count). The van der Waals surface area contributed by atoms with Crippen molar-refractivity contribution in [1.82, 2.24) is 30.2 Å². The van der Waals surface area contributed by atoms with Gasteiger partial charge in [0.15, 0.2) is 5.82 Å². The molecule has 0 unspecified atom stereocenters. The fraction of sp³-hybridized carbons (Fsp3) is 0.0833. The molecule has 1 aromatic carbocycles. The van der Waals surface area contributed by atoms with Crippen LogP contribution in [-0.2, 0) is 6.18 Å². The van der Waals surface area contributed by atoms with Crippen LogP contribution in [-0.4, -0.2) is 30.2 Å². The van der Waals surface area contributed by atoms with Gasteiger partial charge in [-0.15, -0.1) is 5.10 Å². The highest BCUT2D eigenvalue weighted by atomic mass is 19.4. The third-order valence-corrected chi connectivity index (χ3v) is 2.88. The minimum absolute atomic E-state index is 0.241. The Balaban J connectivity index is 2.20. The Morgan fingerprint density at radius 2 is 1.83 bits per heavy atom. The van der Waals surface area contributed by atoms with Gasteiger partial charge in [-0.2, -0.15) is 17.9 Å². The van der Waals surface area contributed by atoms with E-state index in [0.29, 0.717) is 0 Å². The van der Waals surface area contributed by atoms with Gasteiger partial charge in [0.25, 0.3) is 0 Å². The summed E-state index contributed by atoms with van der Waals surface area (Å²) < 4.78 is 53.2. The van der Waals surface area contributed by atoms with E-state index >= 15 is 0 Å². The molecule has 0 saturated carbocycles. The van der Waals surface area contributed by atoms with E-state index in [0.717, 1.165) is 23.0 Å². The van der Waals surface area contributed by atoms with Gasteiger partial charge in [-0.3, -0.25) is 0 Å². The summed E-state index contributed by atoms with van der Waals surface area (Å²) in [6, 6.07) is 4.80. The van der Waals surface area contributed by atoms with Crippen LogP contribution in [0, 0.1) is 5.82 Å². The minimum atomic E-state index is -4.84. The molecule has 2 aromatic heterocycles. The summed E-state index contributed by atoms with van der Waals surface area (Å²) in [6.07, 6.45) is -4.11. The molecule has 0 aliphatic rings. The second-order valence-corrected chi connectivity index (χ2v) is 4.37. The third-order valence-electron chi connectivity index (χ3n) is 2.88. The van der Waals surface area contributed by atoms with E-state index in [2.05, 4.69) is 20.5 Å². The van der Waals surface area contributed by atoms with E-state index in [1.807, 2.05) is 0 Å². The summed E-state index contributed by atoms with van der Waals surface area (Å²) in [5, 5.41) is 10.4. The van der Waals surface area contributed by atoms with Gasteiger partial charge in [0.1, 0.15) is 11.5 Å². The number of halogens is 4. The van der Waals surface area contributed by atoms with Crippen LogP contribution in [0.3, 0.4) is 0 Å². The van der Waals surface area contributed by atoms with Crippen molar-refractivity contribution < 1.29 is 17.6 Å². The number of nitrogens with one attached hydrogen (secondary N) is 1. The number of nitrogens with zero attached hydrogens (tertiary/aromatic N) is 5. The zero-order valence-electron chi connectivity index (χ0n) is 11.0. The van der Waals surface area contributed by atoms with Crippen molar-refractivity contribution in [3.05, 3.63) is 52.5 Å². The Kier molecular flexibility index (Phi) is 3.39. The summed E-state index contributed by atoms with van der Waals surface area (Å²) in [6.45, 7) is 0. The molecule has 7 nitrogen and oxygen atoms in total. The molecular formula is C12H6F4N6O. The highest BCUT2D eigenvalue weighted by Crippen LogP contribution is 2.33. The second kappa shape index (κ2) is 5.26. The predicted octanol–water partition coefficient (Wildman–Crippen LogP) is 1.57. The standard InChI is InChI=1S/C12H6F4N6O/c13-6-1-3-7(4-2-6)22-10(19-20-21-22)8-5-17-11(23)18-9(8)12(14,15)16/h1-5H,(H,17,18,23). The number of alkyl halides is 3. The topological polar surface area (TPSA) is 89.3 Å². The lowest BCUT2D eigenvalue weighted by Gasteiger charge is -2.11. The van der Waals surface area contributed by atoms with E-state index in [9.17, 15) is 22.4 Å². The van der Waals surface area contributed by atoms with Gasteiger partial charge in [0.05, 0.1) is 11.3 Å². The van der Waals surface area contributed by atoms with Crippen molar-refractivity contribution in [1.29, 1.82) is 0 Å². The minimum Gasteiger partial charge on any atom is -0.301 e. The van der Waals surface area contributed by atoms with Gasteiger partial charge in [-0.05, 0) is 34.7 Å². The largest absolute Gasteiger partial charge is 0.432 e. The Hall–Kier alpha value is -3.11. The number of aromatic amines is 1. The number of hydrogen-bond acceptors (Lipinski definition) is 5. The summed E-state index contributed by atoms with van der Waals surface area (Å²) in [7, 11) is 0. The van der Waals surface area contributed by atoms with Crippen LogP contribution in [0.4, 0.5) is 17.6 Å². The highest BCUT2D eigenvalue weighted by Gasteiger charge is 2.37. The van der Waals surface area contributed by atoms with Crippen LogP contribution in [0.2, 0.25) is 0 Å². The first-order valence-electron chi connectivity index (χ1n) is 6.07. The van der Waals surface area contributed by atoms with Crippen molar-refractivity contribution in [2.75, 3.05) is 0 Å². The second-order valence-electron chi connectivity index (χ2n) is 4.37. The molecule has 23 heavy (non-hydrogen) atoms. The Bertz CT molecular complexity index is 899. The predicted molar refractivity (Wildman–Crippen MR) is 68.0 cm³/mol. The molecule has 11 heteroatoms. The molecular weight excluding hydrogens is 320 g/mol. The average molecular weight is 326 g/mol. The lowest BCUT2D eigenvalue weighted by atomic mass is 10.2. The zero-order chi connectivity index (χ0) is 16.6. The molecule has 0 atom stereocenters. The van der Waals surface area contributed by atoms with Crippen LogP contribution in [0.5, 0.6) is 0 Å². The van der Waals surface area contributed by atoms with E-state index in [1.54, 1.807) is 4.98 Å². The van der Waals surface area contributed by atoms with E-state index < -0.39 is 28.9 Å². The molecule has 0 saturated heterocycles. The lowest BCUT2D eigenvalue weighted by Crippen LogP contribution is -2.20. The van der Waals surface area contributed by atoms with Gasteiger partial charge in [0.2, 0.25) is 0 Å². The number of tetrazole rings is 1. The van der Waals surface area contributed by atoms with Gasteiger partial charge < -0.3 is 4.98 Å². The van der Waals surface area contributed by atoms with Crippen molar-refractivity contribution in [3.63, 3.8) is 0 Å². The number of hydrogen-bond donors (Lipinski definition) is 1. The molecule has 0 aliphatic carbocycles. The van der Waals surface area contributed by atoms with E-state index in [-0.39, 0.29) is 11.5 Å². The first kappa shape index (κ1) is 14.8. The smallest absolute Gasteiger partial charge is 0.301 e. The molecule has 3 aromatic rings. The number of aromatic nitrogens is 6. The van der Waals surface area contributed by atoms with Gasteiger partial charge in [-0.25, -0.2) is 14.2 Å². The van der Waals surface area contributed by atoms with Crippen molar-refractivity contribution in [2.45, 2.75) is 6.18 Å². The van der Waals surface area contributed by atoms with Gasteiger partial charge in [0, 0.05) is 6.20 Å². The molecule has 1 N–H and O–H groups in total. The SMILES string of the molecule is O=c1ncc(-c2nnnn2-c2ccc(F)cc2)c(C(F)(F)F)[nH]1. The first-order valence-corrected chi connectivity index (χ1v) is 6.07. The van der Waals surface area contributed by atoms with Crippen LogP contribution >= 0.6 is 0 Å². The first-order chi connectivity index (χ1) is 10.9. The van der Waals surface area contributed by atoms with Crippen molar-refractivity contribution in [3.8, 4) is 17.1 Å². The number of rotatable bonds is 2. The number of H-pyrrole nitrogens is 1. The lowest BCUT2D eigenvalue weighted by molar-refractivity contribution is -0.140. The quantitative estimate of drug-likeness (QED) is 0.722.